The van der Waals surface area contributed by atoms with Gasteiger partial charge in [-0.15, -0.1) is 0 Å². The molecule has 1 aliphatic carbocycles. The Morgan fingerprint density at radius 1 is 1.33 bits per heavy atom. The van der Waals surface area contributed by atoms with Gasteiger partial charge in [0.2, 0.25) is 0 Å². The van der Waals surface area contributed by atoms with Crippen LogP contribution in [0.5, 0.6) is 0 Å². The first-order valence-electron chi connectivity index (χ1n) is 2.91. The normalized spacial score (nSPS) is 34.9. The summed E-state index contributed by atoms with van der Waals surface area (Å²) in [6.45, 7) is 0. The van der Waals surface area contributed by atoms with E-state index in [1.807, 2.05) is 8.93 Å². The third-order valence-electron chi connectivity index (χ3n) is 1.41. The molecule has 52 valence electrons. The summed E-state index contributed by atoms with van der Waals surface area (Å²) < 4.78 is 0.856. The molecule has 0 spiro atoms. The molecule has 0 aliphatic heterocycles. The predicted octanol–water partition coefficient (Wildman–Crippen LogP) is 3.59. The molecule has 0 aromatic heterocycles. The largest absolute Gasteiger partial charge is 0.0874 e. The van der Waals surface area contributed by atoms with Gasteiger partial charge in [0.25, 0.3) is 0 Å². The van der Waals surface area contributed by atoms with Gasteiger partial charge in [-0.1, -0.05) is 43.7 Å². The third-order valence-corrected chi connectivity index (χ3v) is 5.99. The zero-order chi connectivity index (χ0) is 6.69. The highest BCUT2D eigenvalue weighted by Gasteiger charge is 2.18. The number of rotatable bonds is 1. The summed E-state index contributed by atoms with van der Waals surface area (Å²) in [5, 5.41) is 0.858. The van der Waals surface area contributed by atoms with Gasteiger partial charge in [0.05, 0.1) is 0 Å². The first-order valence-corrected chi connectivity index (χ1v) is 7.58. The van der Waals surface area contributed by atoms with Gasteiger partial charge in [-0.3, -0.25) is 0 Å². The van der Waals surface area contributed by atoms with Crippen LogP contribution in [0.3, 0.4) is 0 Å². The molecule has 0 N–H and O–H groups in total. The highest BCUT2D eigenvalue weighted by Crippen LogP contribution is 2.33. The summed E-state index contributed by atoms with van der Waals surface area (Å²) >= 11 is 4.94. The molecule has 0 radical (unpaired) electrons. The highest BCUT2D eigenvalue weighted by molar-refractivity contribution is 14.2. The van der Waals surface area contributed by atoms with Crippen LogP contribution in [0.15, 0.2) is 12.2 Å². The van der Waals surface area contributed by atoms with Crippen LogP contribution < -0.4 is 0 Å². The Balaban J connectivity index is 2.43. The van der Waals surface area contributed by atoms with Crippen molar-refractivity contribution in [3.8, 4) is 0 Å². The number of hydrogen-bond donors (Lipinski definition) is 0. The maximum absolute atomic E-state index is 2.54. The minimum atomic E-state index is 0.856. The lowest BCUT2D eigenvalue weighted by atomic mass is 10.1. The van der Waals surface area contributed by atoms with E-state index in [2.05, 4.69) is 55.9 Å². The molecule has 9 heavy (non-hydrogen) atoms. The van der Waals surface area contributed by atoms with Gasteiger partial charge in [0.1, 0.15) is 0 Å². The van der Waals surface area contributed by atoms with Crippen LogP contribution >= 0.6 is 52.7 Å². The molecule has 1 aliphatic rings. The Morgan fingerprint density at radius 2 is 2.00 bits per heavy atom. The van der Waals surface area contributed by atoms with Crippen LogP contribution in [-0.2, 0) is 0 Å². The maximum atomic E-state index is 2.54. The second-order valence-corrected chi connectivity index (χ2v) is 6.00. The molecule has 1 rings (SSSR count). The van der Waals surface area contributed by atoms with Crippen LogP contribution in [0.1, 0.15) is 12.8 Å². The molecule has 0 saturated carbocycles. The van der Waals surface area contributed by atoms with Crippen LogP contribution in [0.2, 0.25) is 0 Å². The Hall–Kier alpha value is 1.55. The fourth-order valence-electron chi connectivity index (χ4n) is 0.848. The van der Waals surface area contributed by atoms with E-state index >= 15 is 0 Å². The van der Waals surface area contributed by atoms with Gasteiger partial charge < -0.3 is 0 Å². The van der Waals surface area contributed by atoms with Crippen LogP contribution in [-0.4, -0.2) is 9.17 Å². The van der Waals surface area contributed by atoms with Gasteiger partial charge in [-0.05, 0) is 34.0 Å². The van der Waals surface area contributed by atoms with E-state index in [4.69, 9.17) is 0 Å². The second kappa shape index (κ2) is 4.43. The molecule has 0 aromatic rings. The number of halogens is 2. The van der Waals surface area contributed by atoms with Crippen LogP contribution in [0.25, 0.3) is 0 Å². The van der Waals surface area contributed by atoms with Crippen LogP contribution in [0, 0.1) is 0 Å². The van der Waals surface area contributed by atoms with Crippen LogP contribution in [0.4, 0.5) is 0 Å². The molecule has 0 bridgehead atoms. The van der Waals surface area contributed by atoms with E-state index in [9.17, 15) is 0 Å². The predicted molar refractivity (Wildman–Crippen MR) is 61.6 cm³/mol. The van der Waals surface area contributed by atoms with E-state index in [1.54, 1.807) is 0 Å². The van der Waals surface area contributed by atoms with Crippen molar-refractivity contribution in [3.05, 3.63) is 12.2 Å². The summed E-state index contributed by atoms with van der Waals surface area (Å²) in [6, 6.07) is 0. The lowest BCUT2D eigenvalue weighted by Gasteiger charge is -2.19. The van der Waals surface area contributed by atoms with E-state index < -0.39 is 0 Å². The fourth-order valence-corrected chi connectivity index (χ4v) is 5.65. The number of hydrogen-bond acceptors (Lipinski definition) is 1. The second-order valence-electron chi connectivity index (χ2n) is 2.09. The topological polar surface area (TPSA) is 0 Å². The summed E-state index contributed by atoms with van der Waals surface area (Å²) in [6.07, 6.45) is 7.12. The van der Waals surface area contributed by atoms with Crippen molar-refractivity contribution < 1.29 is 0 Å². The molecular formula is C6H8I2S. The summed E-state index contributed by atoms with van der Waals surface area (Å²) in [5.74, 6) is 0. The molecule has 0 amide bonds. The minimum absolute atomic E-state index is 0.856. The molecule has 0 heterocycles. The minimum Gasteiger partial charge on any atom is -0.0874 e. The van der Waals surface area contributed by atoms with Crippen molar-refractivity contribution in [3.63, 3.8) is 0 Å². The van der Waals surface area contributed by atoms with Crippen molar-refractivity contribution in [1.29, 1.82) is 0 Å². The van der Waals surface area contributed by atoms with Gasteiger partial charge in [-0.2, -0.15) is 0 Å². The van der Waals surface area contributed by atoms with Crippen molar-refractivity contribution in [2.24, 2.45) is 0 Å². The lowest BCUT2D eigenvalue weighted by molar-refractivity contribution is 0.794. The Bertz CT molecular complexity index is 114. The standard InChI is InChI=1S/C6H8I2S/c7-5-3-1-2-4-6(5)9-8/h1-2,5-6H,3-4H2. The van der Waals surface area contributed by atoms with Crippen molar-refractivity contribution >= 4 is 52.7 Å². The van der Waals surface area contributed by atoms with E-state index in [0.29, 0.717) is 0 Å². The first kappa shape index (κ1) is 8.64. The Kier molecular flexibility index (Phi) is 4.26. The van der Waals surface area contributed by atoms with E-state index in [1.165, 1.54) is 12.8 Å². The molecule has 0 fully saturated rings. The maximum Gasteiger partial charge on any atom is 0.0303 e. The molecule has 3 heteroatoms. The smallest absolute Gasteiger partial charge is 0.0303 e. The average Bonchev–Trinajstić information content (AvgIpc) is 1.89. The van der Waals surface area contributed by atoms with Gasteiger partial charge >= 0.3 is 0 Å². The Labute approximate surface area is 86.0 Å². The monoisotopic (exact) mass is 366 g/mol. The zero-order valence-electron chi connectivity index (χ0n) is 4.89. The van der Waals surface area contributed by atoms with Gasteiger partial charge in [0.15, 0.2) is 0 Å². The van der Waals surface area contributed by atoms with E-state index in [-0.39, 0.29) is 0 Å². The molecule has 2 unspecified atom stereocenters. The molecule has 0 nitrogen and oxygen atoms in total. The highest BCUT2D eigenvalue weighted by atomic mass is 127. The Morgan fingerprint density at radius 3 is 2.44 bits per heavy atom. The third kappa shape index (κ3) is 2.57. The number of allylic oxidation sites excluding steroid dienone is 2. The molecular weight excluding hydrogens is 358 g/mol. The van der Waals surface area contributed by atoms with E-state index in [0.717, 1.165) is 9.17 Å². The average molecular weight is 366 g/mol. The summed E-state index contributed by atoms with van der Waals surface area (Å²) in [7, 11) is 1.97. The number of alkyl halides is 1. The zero-order valence-corrected chi connectivity index (χ0v) is 10.0. The molecule has 0 saturated heterocycles. The van der Waals surface area contributed by atoms with Crippen molar-refractivity contribution in [2.75, 3.05) is 0 Å². The van der Waals surface area contributed by atoms with Gasteiger partial charge in [-0.25, -0.2) is 0 Å². The molecule has 2 atom stereocenters. The molecule has 0 aromatic carbocycles. The lowest BCUT2D eigenvalue weighted by Crippen LogP contribution is -2.16. The summed E-state index contributed by atoms with van der Waals surface area (Å²) in [5.41, 5.74) is 0. The van der Waals surface area contributed by atoms with Gasteiger partial charge in [0, 0.05) is 9.17 Å². The first-order chi connectivity index (χ1) is 4.34. The SMILES string of the molecule is ISC1CC=CCC1I. The quantitative estimate of drug-likeness (QED) is 0.388. The fraction of sp³-hybridized carbons (Fsp3) is 0.667. The van der Waals surface area contributed by atoms with Crippen molar-refractivity contribution in [2.45, 2.75) is 22.0 Å². The summed E-state index contributed by atoms with van der Waals surface area (Å²) in [4.78, 5) is 0. The van der Waals surface area contributed by atoms with Crippen molar-refractivity contribution in [1.82, 2.24) is 0 Å².